The largest absolute Gasteiger partial charge is 0.324 e. The van der Waals surface area contributed by atoms with Crippen LogP contribution in [-0.4, -0.2) is 18.0 Å². The van der Waals surface area contributed by atoms with Crippen molar-refractivity contribution in [3.05, 3.63) is 39.2 Å². The van der Waals surface area contributed by atoms with Gasteiger partial charge in [-0.15, -0.1) is 0 Å². The Hall–Kier alpha value is -0.950. The van der Waals surface area contributed by atoms with E-state index in [2.05, 4.69) is 9.71 Å². The first-order valence-electron chi connectivity index (χ1n) is 5.37. The van der Waals surface area contributed by atoms with Crippen LogP contribution in [0.15, 0.2) is 23.5 Å². The number of nitrogens with zero attached hydrogens (tertiary/aromatic N) is 2. The normalized spacial score (nSPS) is 11.7. The maximum absolute atomic E-state index is 12.2. The third kappa shape index (κ3) is 2.88. The molecule has 0 amide bonds. The van der Waals surface area contributed by atoms with Crippen LogP contribution in [0.2, 0.25) is 15.2 Å². The maximum atomic E-state index is 12.2. The molecule has 0 aliphatic heterocycles. The number of halogens is 3. The summed E-state index contributed by atoms with van der Waals surface area (Å²) < 4.78 is 28.1. The highest BCUT2D eigenvalue weighted by Crippen LogP contribution is 2.31. The molecule has 0 radical (unpaired) electrons. The summed E-state index contributed by atoms with van der Waals surface area (Å²) >= 11 is 17.8. The van der Waals surface area contributed by atoms with Crippen LogP contribution >= 0.6 is 34.8 Å². The summed E-state index contributed by atoms with van der Waals surface area (Å²) in [6.45, 7) is 1.77. The third-order valence-corrected chi connectivity index (χ3v) is 5.16. The van der Waals surface area contributed by atoms with E-state index >= 15 is 0 Å². The van der Waals surface area contributed by atoms with Gasteiger partial charge in [-0.25, -0.2) is 4.98 Å². The average molecular weight is 355 g/mol. The van der Waals surface area contributed by atoms with E-state index in [1.165, 1.54) is 17.0 Å². The van der Waals surface area contributed by atoms with Crippen LogP contribution in [0.1, 0.15) is 5.56 Å². The van der Waals surface area contributed by atoms with Crippen LogP contribution in [-0.2, 0) is 17.1 Å². The van der Waals surface area contributed by atoms with Gasteiger partial charge in [-0.3, -0.25) is 4.72 Å². The van der Waals surface area contributed by atoms with Crippen molar-refractivity contribution in [3.8, 4) is 0 Å². The topological polar surface area (TPSA) is 64.0 Å². The zero-order valence-corrected chi connectivity index (χ0v) is 13.6. The fourth-order valence-corrected chi connectivity index (χ4v) is 3.48. The van der Waals surface area contributed by atoms with E-state index in [4.69, 9.17) is 34.8 Å². The molecule has 0 spiro atoms. The molecule has 0 atom stereocenters. The van der Waals surface area contributed by atoms with E-state index in [0.717, 1.165) is 5.56 Å². The molecule has 1 N–H and O–H groups in total. The zero-order valence-electron chi connectivity index (χ0n) is 10.5. The fraction of sp³-hybridized carbons (Fsp3) is 0.182. The summed E-state index contributed by atoms with van der Waals surface area (Å²) in [5.74, 6) is 0. The van der Waals surface area contributed by atoms with E-state index in [1.807, 2.05) is 0 Å². The molecule has 1 heterocycles. The number of anilines is 1. The van der Waals surface area contributed by atoms with Crippen LogP contribution < -0.4 is 4.72 Å². The molecule has 0 aliphatic carbocycles. The fourth-order valence-electron chi connectivity index (χ4n) is 1.49. The Kier molecular flexibility index (Phi) is 4.20. The van der Waals surface area contributed by atoms with Gasteiger partial charge in [0.15, 0.2) is 0 Å². The summed E-state index contributed by atoms with van der Waals surface area (Å²) in [7, 11) is -2.34. The second-order valence-corrected chi connectivity index (χ2v) is 6.91. The number of nitrogens with one attached hydrogen (secondary N) is 1. The molecule has 1 aromatic carbocycles. The molecule has 2 aromatic rings. The summed E-state index contributed by atoms with van der Waals surface area (Å²) in [6.07, 6.45) is 1.31. The van der Waals surface area contributed by atoms with Gasteiger partial charge < -0.3 is 4.57 Å². The van der Waals surface area contributed by atoms with Gasteiger partial charge in [-0.2, -0.15) is 8.42 Å². The van der Waals surface area contributed by atoms with Gasteiger partial charge in [0.1, 0.15) is 5.15 Å². The lowest BCUT2D eigenvalue weighted by Gasteiger charge is -2.10. The number of hydrogen-bond acceptors (Lipinski definition) is 3. The smallest absolute Gasteiger partial charge is 0.282 e. The van der Waals surface area contributed by atoms with Gasteiger partial charge >= 0.3 is 0 Å². The van der Waals surface area contributed by atoms with E-state index in [1.54, 1.807) is 20.0 Å². The minimum absolute atomic E-state index is 0.00633. The van der Waals surface area contributed by atoms with Gasteiger partial charge in [-0.05, 0) is 24.6 Å². The van der Waals surface area contributed by atoms with Crippen molar-refractivity contribution >= 4 is 50.5 Å². The highest BCUT2D eigenvalue weighted by atomic mass is 35.5. The van der Waals surface area contributed by atoms with Crippen molar-refractivity contribution in [1.82, 2.24) is 9.55 Å². The molecule has 1 aromatic heterocycles. The molecule has 0 saturated carbocycles. The molecular weight excluding hydrogens is 345 g/mol. The summed E-state index contributed by atoms with van der Waals surface area (Å²) in [5.41, 5.74) is 0.916. The lowest BCUT2D eigenvalue weighted by molar-refractivity contribution is 0.598. The Morgan fingerprint density at radius 2 is 1.85 bits per heavy atom. The number of hydrogen-bond donors (Lipinski definition) is 1. The Morgan fingerprint density at radius 1 is 1.20 bits per heavy atom. The van der Waals surface area contributed by atoms with E-state index < -0.39 is 10.0 Å². The third-order valence-electron chi connectivity index (χ3n) is 2.58. The van der Waals surface area contributed by atoms with Gasteiger partial charge in [0.25, 0.3) is 10.0 Å². The first-order chi connectivity index (χ1) is 9.22. The van der Waals surface area contributed by atoms with Crippen LogP contribution in [0.3, 0.4) is 0 Å². The quantitative estimate of drug-likeness (QED) is 0.917. The minimum Gasteiger partial charge on any atom is -0.324 e. The molecule has 9 heteroatoms. The summed E-state index contributed by atoms with van der Waals surface area (Å²) in [4.78, 5) is 3.76. The monoisotopic (exact) mass is 353 g/mol. The average Bonchev–Trinajstić information content (AvgIpc) is 2.67. The Bertz CT molecular complexity index is 771. The summed E-state index contributed by atoms with van der Waals surface area (Å²) in [6, 6.07) is 3.01. The van der Waals surface area contributed by atoms with Crippen molar-refractivity contribution in [2.24, 2.45) is 7.05 Å². The van der Waals surface area contributed by atoms with Crippen LogP contribution in [0.25, 0.3) is 0 Å². The van der Waals surface area contributed by atoms with Crippen molar-refractivity contribution in [1.29, 1.82) is 0 Å². The Morgan fingerprint density at radius 3 is 2.40 bits per heavy atom. The highest BCUT2D eigenvalue weighted by Gasteiger charge is 2.23. The zero-order chi connectivity index (χ0) is 15.1. The number of aryl methyl sites for hydroxylation is 2. The van der Waals surface area contributed by atoms with E-state index in [0.29, 0.717) is 5.02 Å². The molecule has 108 valence electrons. The van der Waals surface area contributed by atoms with Crippen molar-refractivity contribution in [2.75, 3.05) is 4.72 Å². The lowest BCUT2D eigenvalue weighted by Crippen LogP contribution is -2.14. The number of aromatic nitrogens is 2. The first kappa shape index (κ1) is 15.4. The number of benzene rings is 1. The molecular formula is C11H10Cl3N3O2S. The van der Waals surface area contributed by atoms with Gasteiger partial charge in [-0.1, -0.05) is 34.8 Å². The molecule has 20 heavy (non-hydrogen) atoms. The predicted octanol–water partition coefficient (Wildman–Crippen LogP) is 3.49. The van der Waals surface area contributed by atoms with Gasteiger partial charge in [0, 0.05) is 12.1 Å². The van der Waals surface area contributed by atoms with Gasteiger partial charge in [0.2, 0.25) is 5.03 Å². The van der Waals surface area contributed by atoms with E-state index in [9.17, 15) is 8.42 Å². The number of sulfonamides is 1. The highest BCUT2D eigenvalue weighted by molar-refractivity contribution is 7.92. The SMILES string of the molecule is Cc1cc(Cl)c(NS(=O)(=O)c2ncn(C)c2Cl)cc1Cl. The van der Waals surface area contributed by atoms with Crippen molar-refractivity contribution < 1.29 is 8.42 Å². The predicted molar refractivity (Wildman–Crippen MR) is 80.2 cm³/mol. The molecule has 0 saturated heterocycles. The molecule has 0 bridgehead atoms. The molecule has 2 rings (SSSR count). The number of imidazole rings is 1. The van der Waals surface area contributed by atoms with Crippen LogP contribution in [0.4, 0.5) is 5.69 Å². The van der Waals surface area contributed by atoms with Crippen molar-refractivity contribution in [3.63, 3.8) is 0 Å². The second-order valence-electron chi connectivity index (χ2n) is 4.14. The van der Waals surface area contributed by atoms with Crippen molar-refractivity contribution in [2.45, 2.75) is 11.9 Å². The molecule has 0 unspecified atom stereocenters. The van der Waals surface area contributed by atoms with Crippen LogP contribution in [0, 0.1) is 6.92 Å². The molecule has 5 nitrogen and oxygen atoms in total. The minimum atomic E-state index is -3.93. The van der Waals surface area contributed by atoms with E-state index in [-0.39, 0.29) is 20.9 Å². The first-order valence-corrected chi connectivity index (χ1v) is 7.99. The Balaban J connectivity index is 2.44. The lowest BCUT2D eigenvalue weighted by atomic mass is 10.2. The maximum Gasteiger partial charge on any atom is 0.282 e. The number of rotatable bonds is 3. The molecule has 0 fully saturated rings. The van der Waals surface area contributed by atoms with Crippen LogP contribution in [0.5, 0.6) is 0 Å². The van der Waals surface area contributed by atoms with Gasteiger partial charge in [0.05, 0.1) is 17.0 Å². The standard InChI is InChI=1S/C11H10Cl3N3O2S/c1-6-3-8(13)9(4-7(6)12)16-20(18,19)11-10(14)17(2)5-15-11/h3-5,16H,1-2H3. The Labute approximate surface area is 131 Å². The molecule has 0 aliphatic rings. The second kappa shape index (κ2) is 5.44. The summed E-state index contributed by atoms with van der Waals surface area (Å²) in [5, 5.41) is 0.378.